The number of furan rings is 1. The number of aromatic nitrogens is 6. The van der Waals surface area contributed by atoms with Crippen LogP contribution in [0, 0.1) is 95.7 Å². The van der Waals surface area contributed by atoms with E-state index in [-0.39, 0.29) is 114 Å². The molecule has 0 aliphatic carbocycles. The van der Waals surface area contributed by atoms with Crippen LogP contribution in [0.5, 0.6) is 0 Å². The number of carbonyl (C=O) groups excluding carboxylic acids is 2. The summed E-state index contributed by atoms with van der Waals surface area (Å²) in [5.74, 6) is 1.54. The van der Waals surface area contributed by atoms with Crippen molar-refractivity contribution in [1.29, 1.82) is 0 Å². The van der Waals surface area contributed by atoms with Gasteiger partial charge in [-0.2, -0.15) is 0 Å². The van der Waals surface area contributed by atoms with Gasteiger partial charge in [0.2, 0.25) is 0 Å². The van der Waals surface area contributed by atoms with Gasteiger partial charge in [0, 0.05) is 147 Å². The number of fused-ring (bicyclic) bond motifs is 4. The normalized spacial score (nSPS) is 10.9. The smallest absolute Gasteiger partial charge is 0.159 e. The van der Waals surface area contributed by atoms with Crippen LogP contribution in [0.4, 0.5) is 0 Å². The second kappa shape index (κ2) is 56.2. The third-order valence-corrected chi connectivity index (χ3v) is 20.9. The number of aliphatic hydroxyl groups is 2. The van der Waals surface area contributed by atoms with Gasteiger partial charge in [0.15, 0.2) is 11.6 Å². The van der Waals surface area contributed by atoms with E-state index < -0.39 is 0 Å². The molecule has 0 atom stereocenters. The van der Waals surface area contributed by atoms with Gasteiger partial charge in [0.1, 0.15) is 5.58 Å². The molecule has 4 radical (unpaired) electrons. The van der Waals surface area contributed by atoms with E-state index in [4.69, 9.17) is 14.5 Å². The van der Waals surface area contributed by atoms with E-state index in [1.54, 1.807) is 6.20 Å². The molecule has 0 aliphatic rings. The topological polar surface area (TPSA) is 165 Å². The monoisotopic (exact) mass is 2520 g/mol. The molecule has 0 amide bonds. The SMILES string of the molecule is CC(=O)C=C(C)O.CC(C)(C)c1ccc(-c2[c-]ccc(-c3ccccc3)c2)nc1.CC(C)(C)c1ccc(-c2[c-]cccc2)nc1.CC(C)CC(=O)C=C(O)CC(C)C.Cc1[c-]c(-c2cc(CC(C)C)c3cc(C)ccc3n2)cc(C)c1.Cc1cc(C)cc(-c2ccnc(-c3[c-]cccc3)c2)c1.Cc1ccc(-c2[c-]cccc2)nc1.[Ir].[Ir].[Ir].[Ir].[c-]1cc2oc3ccccc3c2cc1-c1ccccn1. The van der Waals surface area contributed by atoms with Crippen LogP contribution in [0.3, 0.4) is 0 Å². The summed E-state index contributed by atoms with van der Waals surface area (Å²) in [4.78, 5) is 48.4. The fourth-order valence-corrected chi connectivity index (χ4v) is 14.5. The van der Waals surface area contributed by atoms with E-state index in [9.17, 15) is 14.7 Å². The largest absolute Gasteiger partial charge is 0.512 e. The zero-order chi connectivity index (χ0) is 95.7. The van der Waals surface area contributed by atoms with Crippen LogP contribution in [0.2, 0.25) is 0 Å². The van der Waals surface area contributed by atoms with E-state index in [2.05, 4.69) is 297 Å². The number of hydrogen-bond acceptors (Lipinski definition) is 11. The van der Waals surface area contributed by atoms with Crippen molar-refractivity contribution in [2.45, 2.75) is 169 Å². The van der Waals surface area contributed by atoms with Crippen molar-refractivity contribution < 1.29 is 105 Å². The zero-order valence-corrected chi connectivity index (χ0v) is 91.7. The van der Waals surface area contributed by atoms with Crippen molar-refractivity contribution in [2.75, 3.05) is 0 Å². The summed E-state index contributed by atoms with van der Waals surface area (Å²) in [7, 11) is 0. The zero-order valence-electron chi connectivity index (χ0n) is 82.1. The van der Waals surface area contributed by atoms with Crippen LogP contribution in [0.25, 0.3) is 123 Å². The van der Waals surface area contributed by atoms with Gasteiger partial charge in [0.25, 0.3) is 0 Å². The minimum atomic E-state index is -0.125. The van der Waals surface area contributed by atoms with Crippen molar-refractivity contribution in [3.8, 4) is 89.8 Å². The third kappa shape index (κ3) is 37.2. The molecular weight excluding hydrogens is 2400 g/mol. The number of allylic oxidation sites excluding steroid dienone is 4. The van der Waals surface area contributed by atoms with Crippen LogP contribution >= 0.6 is 0 Å². The first-order chi connectivity index (χ1) is 63.6. The summed E-state index contributed by atoms with van der Waals surface area (Å²) >= 11 is 0. The van der Waals surface area contributed by atoms with Gasteiger partial charge in [-0.25, -0.2) is 0 Å². The Kier molecular flexibility index (Phi) is 46.7. The van der Waals surface area contributed by atoms with Crippen LogP contribution in [0.15, 0.2) is 338 Å². The number of aryl methyl sites for hydroxylation is 6. The molecule has 0 unspecified atom stereocenters. The van der Waals surface area contributed by atoms with E-state index in [0.29, 0.717) is 30.6 Å². The Morgan fingerprint density at radius 3 is 1.41 bits per heavy atom. The fraction of sp³-hybridized carbons (Fsp3) is 0.230. The third-order valence-electron chi connectivity index (χ3n) is 20.9. The molecule has 0 bridgehead atoms. The summed E-state index contributed by atoms with van der Waals surface area (Å²) in [6.07, 6.45) is 14.2. The van der Waals surface area contributed by atoms with Crippen LogP contribution < -0.4 is 0 Å². The molecule has 10 aromatic carbocycles. The maximum absolute atomic E-state index is 11.2. The number of para-hydroxylation sites is 1. The molecule has 11 nitrogen and oxygen atoms in total. The molecule has 2 N–H and O–H groups in total. The quantitative estimate of drug-likeness (QED) is 0.0537. The summed E-state index contributed by atoms with van der Waals surface area (Å²) in [5.41, 5.74) is 31.4. The van der Waals surface area contributed by atoms with Gasteiger partial charge in [-0.15, -0.1) is 202 Å². The number of nitrogens with zero attached hydrogens (tertiary/aromatic N) is 6. The van der Waals surface area contributed by atoms with E-state index in [0.717, 1.165) is 107 Å². The van der Waals surface area contributed by atoms with Crippen LogP contribution in [-0.4, -0.2) is 51.7 Å². The van der Waals surface area contributed by atoms with Gasteiger partial charge in [0.05, 0.1) is 22.6 Å². The van der Waals surface area contributed by atoms with Crippen molar-refractivity contribution in [2.24, 2.45) is 17.8 Å². The maximum atomic E-state index is 11.2. The van der Waals surface area contributed by atoms with Crippen molar-refractivity contribution in [3.63, 3.8) is 0 Å². The Hall–Kier alpha value is -11.8. The molecule has 714 valence electrons. The maximum Gasteiger partial charge on any atom is 0.159 e. The number of aliphatic hydroxyl groups excluding tert-OH is 2. The average molecular weight is 2520 g/mol. The second-order valence-electron chi connectivity index (χ2n) is 36.7. The Balaban J connectivity index is 0.000000243. The van der Waals surface area contributed by atoms with E-state index >= 15 is 0 Å². The minimum Gasteiger partial charge on any atom is -0.512 e. The molecule has 0 spiro atoms. The molecular formula is C122H124Ir4N6O5-6. The average Bonchev–Trinajstić information content (AvgIpc) is 1.65. The summed E-state index contributed by atoms with van der Waals surface area (Å²) in [5, 5.41) is 21.2. The molecule has 17 rings (SSSR count). The van der Waals surface area contributed by atoms with Gasteiger partial charge >= 0.3 is 0 Å². The van der Waals surface area contributed by atoms with Crippen molar-refractivity contribution in [3.05, 3.63) is 420 Å². The first-order valence-electron chi connectivity index (χ1n) is 45.4. The van der Waals surface area contributed by atoms with Crippen molar-refractivity contribution in [1.82, 2.24) is 29.9 Å². The second-order valence-corrected chi connectivity index (χ2v) is 36.7. The van der Waals surface area contributed by atoms with Gasteiger partial charge in [-0.1, -0.05) is 252 Å². The van der Waals surface area contributed by atoms with E-state index in [1.807, 2.05) is 193 Å². The summed E-state index contributed by atoms with van der Waals surface area (Å²) in [6.45, 7) is 41.2. The molecule has 0 saturated heterocycles. The predicted molar refractivity (Wildman–Crippen MR) is 553 cm³/mol. The van der Waals surface area contributed by atoms with E-state index in [1.165, 1.54) is 98.1 Å². The first kappa shape index (κ1) is 114. The molecule has 0 saturated carbocycles. The predicted octanol–water partition coefficient (Wildman–Crippen LogP) is 31.4. The fourth-order valence-electron chi connectivity index (χ4n) is 14.5. The molecule has 15 heteroatoms. The summed E-state index contributed by atoms with van der Waals surface area (Å²) in [6, 6.07) is 114. The number of rotatable bonds is 16. The van der Waals surface area contributed by atoms with Gasteiger partial charge in [-0.05, 0) is 180 Å². The van der Waals surface area contributed by atoms with Crippen LogP contribution in [-0.2, 0) is 107 Å². The molecule has 0 aliphatic heterocycles. The Morgan fingerprint density at radius 2 is 0.891 bits per heavy atom. The first-order valence-corrected chi connectivity index (χ1v) is 45.4. The summed E-state index contributed by atoms with van der Waals surface area (Å²) < 4.78 is 5.79. The molecule has 137 heavy (non-hydrogen) atoms. The Labute approximate surface area is 867 Å². The van der Waals surface area contributed by atoms with Crippen LogP contribution in [0.1, 0.15) is 160 Å². The molecule has 17 aromatic rings. The Bertz CT molecular complexity index is 6610. The Morgan fingerprint density at radius 1 is 0.372 bits per heavy atom. The number of hydrogen-bond donors (Lipinski definition) is 2. The minimum absolute atomic E-state index is 0. The number of carbonyl (C=O) groups is 2. The number of ketones is 2. The molecule has 0 fully saturated rings. The molecule has 7 aromatic heterocycles. The number of benzene rings is 10. The van der Waals surface area contributed by atoms with Gasteiger partial charge in [-0.3, -0.25) is 14.6 Å². The van der Waals surface area contributed by atoms with Gasteiger partial charge < -0.3 is 39.6 Å². The standard InChI is InChI=1S/C22H24N.C21H20N.C19H16N.C17H10NO.C15H16N.C12H10N.C11H20O2.C5H8O2.4Ir/c1-14(2)8-18-13-22(19-10-16(4)9-17(5)11-19)23-21-7-6-15(3)12-20(18)21;1-21(2,3)19-12-13-20(22-15-19)18-11-7-10-17(14-18)16-8-5-4-6-9-16;1-14-10-15(2)12-18(11-14)17-8-9-20-19(13-17)16-6-4-3-5-7-16;1-2-7-16-13(5-1)14-11-12(8-9-17(14)19-16)15-6-3-4-10-18-15;1-15(2,3)13-9-10-14(16-11-13)12-7-5-4-6-8-12;1-10-7-8-12(13-9-10)11-5-3-2-4-6-11;1-8(2)5-10(12)7-11(13)6-9(3)4;1-4(6)3-5(2)7;;;;/h6-7,9-10,12-14H,8H2,1-5H3;4-10,12-15H,1-3H3;3-6,8-13H,1-2H3;1-7,9-11H;4-7,9-11H,1-3H3;2-5,7-9H,1H3;7-9,12H,5-6H2,1-4H3;3,6H,1-2H3;;;;/q6*-1;;;;;;. The van der Waals surface area contributed by atoms with Crippen molar-refractivity contribution >= 4 is 44.4 Å². The number of pyridine rings is 6. The molecule has 7 heterocycles.